The van der Waals surface area contributed by atoms with E-state index in [1.807, 2.05) is 0 Å². The molecular weight excluding hydrogens is 355 g/mol. The molecule has 1 unspecified atom stereocenters. The highest BCUT2D eigenvalue weighted by Crippen LogP contribution is 2.34. The molecule has 100 valence electrons. The van der Waals surface area contributed by atoms with Crippen LogP contribution in [0.5, 0.6) is 0 Å². The first-order valence-corrected chi connectivity index (χ1v) is 6.51. The van der Waals surface area contributed by atoms with E-state index in [-0.39, 0.29) is 13.0 Å². The summed E-state index contributed by atoms with van der Waals surface area (Å²) < 4.78 is 1.52. The molecule has 4 N–H and O–H groups in total. The van der Waals surface area contributed by atoms with Gasteiger partial charge in [0, 0.05) is 18.7 Å². The molecule has 0 saturated heterocycles. The van der Waals surface area contributed by atoms with Gasteiger partial charge in [-0.2, -0.15) is 0 Å². The van der Waals surface area contributed by atoms with Crippen molar-refractivity contribution in [3.8, 4) is 0 Å². The number of aliphatic hydroxyl groups excluding tert-OH is 3. The standard InChI is InChI=1S/C10H13IN2O5/c11-5-2-13(10(18)12-9(5)17)6-1-4(3-14)7(15)8(6)16/h2,4,6-8,14-16H,1,3H2,(H,12,17,18)/t4-,6-,7?,8+/m1/s1. The second-order valence-corrected chi connectivity index (χ2v) is 5.53. The number of halogens is 1. The third-order valence-electron chi connectivity index (χ3n) is 3.29. The molecule has 4 atom stereocenters. The third-order valence-corrected chi connectivity index (χ3v) is 4.06. The third kappa shape index (κ3) is 2.25. The molecule has 1 heterocycles. The summed E-state index contributed by atoms with van der Waals surface area (Å²) in [6.45, 7) is -0.260. The van der Waals surface area contributed by atoms with Crippen molar-refractivity contribution in [2.75, 3.05) is 6.61 Å². The Bertz CT molecular complexity index is 554. The Kier molecular flexibility index (Phi) is 3.90. The van der Waals surface area contributed by atoms with E-state index in [4.69, 9.17) is 5.11 Å². The number of hydrogen-bond acceptors (Lipinski definition) is 5. The van der Waals surface area contributed by atoms with Gasteiger partial charge in [-0.1, -0.05) is 0 Å². The van der Waals surface area contributed by atoms with Crippen molar-refractivity contribution in [1.82, 2.24) is 9.55 Å². The Morgan fingerprint density at radius 3 is 2.61 bits per heavy atom. The molecule has 0 bridgehead atoms. The number of aliphatic hydroxyl groups is 3. The maximum Gasteiger partial charge on any atom is 0.328 e. The summed E-state index contributed by atoms with van der Waals surface area (Å²) in [6.07, 6.45) is -0.582. The van der Waals surface area contributed by atoms with E-state index in [2.05, 4.69) is 4.98 Å². The van der Waals surface area contributed by atoms with Crippen LogP contribution in [0.2, 0.25) is 0 Å². The predicted molar refractivity (Wildman–Crippen MR) is 70.3 cm³/mol. The van der Waals surface area contributed by atoms with E-state index < -0.39 is 35.4 Å². The zero-order valence-electron chi connectivity index (χ0n) is 9.28. The van der Waals surface area contributed by atoms with E-state index in [1.54, 1.807) is 22.6 Å². The highest BCUT2D eigenvalue weighted by molar-refractivity contribution is 14.1. The maximum atomic E-state index is 11.7. The quantitative estimate of drug-likeness (QED) is 0.470. The van der Waals surface area contributed by atoms with Gasteiger partial charge in [0.05, 0.1) is 15.7 Å². The van der Waals surface area contributed by atoms with Crippen molar-refractivity contribution in [1.29, 1.82) is 0 Å². The van der Waals surface area contributed by atoms with Crippen LogP contribution in [0.3, 0.4) is 0 Å². The summed E-state index contributed by atoms with van der Waals surface area (Å²) in [7, 11) is 0. The Morgan fingerprint density at radius 2 is 2.06 bits per heavy atom. The van der Waals surface area contributed by atoms with Gasteiger partial charge in [0.1, 0.15) is 6.10 Å². The summed E-state index contributed by atoms with van der Waals surface area (Å²) in [4.78, 5) is 25.1. The van der Waals surface area contributed by atoms with Crippen LogP contribution in [0.4, 0.5) is 0 Å². The van der Waals surface area contributed by atoms with Crippen molar-refractivity contribution in [3.63, 3.8) is 0 Å². The smallest absolute Gasteiger partial charge is 0.328 e. The van der Waals surface area contributed by atoms with Crippen LogP contribution in [0.1, 0.15) is 12.5 Å². The fraction of sp³-hybridized carbons (Fsp3) is 0.600. The Hall–Kier alpha value is -0.710. The van der Waals surface area contributed by atoms with Crippen LogP contribution in [0, 0.1) is 9.49 Å². The van der Waals surface area contributed by atoms with Crippen LogP contribution < -0.4 is 11.2 Å². The molecule has 1 fully saturated rings. The van der Waals surface area contributed by atoms with Gasteiger partial charge in [0.15, 0.2) is 0 Å². The molecule has 1 aliphatic carbocycles. The lowest BCUT2D eigenvalue weighted by Gasteiger charge is -2.18. The number of H-pyrrole nitrogens is 1. The van der Waals surface area contributed by atoms with Crippen LogP contribution in [-0.2, 0) is 0 Å². The lowest BCUT2D eigenvalue weighted by molar-refractivity contribution is -0.00458. The molecule has 18 heavy (non-hydrogen) atoms. The maximum absolute atomic E-state index is 11.7. The van der Waals surface area contributed by atoms with Gasteiger partial charge in [-0.25, -0.2) is 4.79 Å². The fourth-order valence-electron chi connectivity index (χ4n) is 2.26. The number of aromatic nitrogens is 2. The molecule has 1 aromatic heterocycles. The van der Waals surface area contributed by atoms with Crippen LogP contribution in [0.15, 0.2) is 15.8 Å². The molecule has 0 amide bonds. The number of rotatable bonds is 2. The number of hydrogen-bond donors (Lipinski definition) is 4. The van der Waals surface area contributed by atoms with Crippen molar-refractivity contribution in [2.24, 2.45) is 5.92 Å². The minimum Gasteiger partial charge on any atom is -0.396 e. The molecule has 8 heteroatoms. The molecular formula is C10H13IN2O5. The summed E-state index contributed by atoms with van der Waals surface area (Å²) in [5.41, 5.74) is -1.11. The van der Waals surface area contributed by atoms with Gasteiger partial charge in [-0.3, -0.25) is 14.3 Å². The first kappa shape index (κ1) is 13.7. The molecule has 1 aliphatic rings. The largest absolute Gasteiger partial charge is 0.396 e. The first-order chi connectivity index (χ1) is 8.45. The van der Waals surface area contributed by atoms with Gasteiger partial charge in [-0.15, -0.1) is 0 Å². The molecule has 7 nitrogen and oxygen atoms in total. The zero-order valence-corrected chi connectivity index (χ0v) is 11.4. The highest BCUT2D eigenvalue weighted by Gasteiger charge is 2.42. The monoisotopic (exact) mass is 368 g/mol. The fourth-order valence-corrected chi connectivity index (χ4v) is 2.70. The minimum absolute atomic E-state index is 0.260. The van der Waals surface area contributed by atoms with Crippen LogP contribution >= 0.6 is 22.6 Å². The lowest BCUT2D eigenvalue weighted by Crippen LogP contribution is -2.38. The molecule has 0 radical (unpaired) electrons. The summed E-state index contributed by atoms with van der Waals surface area (Å²) in [5.74, 6) is -0.471. The van der Waals surface area contributed by atoms with E-state index in [1.165, 1.54) is 10.8 Å². The van der Waals surface area contributed by atoms with Gasteiger partial charge in [0.2, 0.25) is 0 Å². The van der Waals surface area contributed by atoms with Crippen molar-refractivity contribution >= 4 is 22.6 Å². The normalized spacial score (nSPS) is 31.8. The Balaban J connectivity index is 2.42. The molecule has 2 rings (SSSR count). The molecule has 0 aromatic carbocycles. The van der Waals surface area contributed by atoms with E-state index >= 15 is 0 Å². The van der Waals surface area contributed by atoms with Gasteiger partial charge in [0.25, 0.3) is 5.56 Å². The summed E-state index contributed by atoms with van der Waals surface area (Å²) >= 11 is 1.78. The summed E-state index contributed by atoms with van der Waals surface area (Å²) in [5, 5.41) is 28.7. The second kappa shape index (κ2) is 5.11. The van der Waals surface area contributed by atoms with E-state index in [9.17, 15) is 19.8 Å². The first-order valence-electron chi connectivity index (χ1n) is 5.43. The number of aromatic amines is 1. The van der Waals surface area contributed by atoms with Gasteiger partial charge < -0.3 is 15.3 Å². The van der Waals surface area contributed by atoms with Crippen molar-refractivity contribution in [2.45, 2.75) is 24.7 Å². The van der Waals surface area contributed by atoms with Gasteiger partial charge in [-0.05, 0) is 29.0 Å². The average molecular weight is 368 g/mol. The van der Waals surface area contributed by atoms with E-state index in [0.29, 0.717) is 3.57 Å². The minimum atomic E-state index is -1.14. The SMILES string of the molecule is O=c1[nH]c(=O)n([C@@H]2C[C@H](CO)C(O)[C@H]2O)cc1I. The molecule has 0 spiro atoms. The predicted octanol–water partition coefficient (Wildman–Crippen LogP) is -1.58. The van der Waals surface area contributed by atoms with E-state index in [0.717, 1.165) is 0 Å². The molecule has 0 aliphatic heterocycles. The lowest BCUT2D eigenvalue weighted by atomic mass is 10.1. The second-order valence-electron chi connectivity index (χ2n) is 4.37. The average Bonchev–Trinajstić information content (AvgIpc) is 2.61. The molecule has 1 aromatic rings. The summed E-state index contributed by atoms with van der Waals surface area (Å²) in [6, 6.07) is -0.644. The Labute approximate surface area is 115 Å². The van der Waals surface area contributed by atoms with Crippen molar-refractivity contribution < 1.29 is 15.3 Å². The van der Waals surface area contributed by atoms with Gasteiger partial charge >= 0.3 is 5.69 Å². The van der Waals surface area contributed by atoms with Crippen LogP contribution in [0.25, 0.3) is 0 Å². The highest BCUT2D eigenvalue weighted by atomic mass is 127. The Morgan fingerprint density at radius 1 is 1.39 bits per heavy atom. The zero-order chi connectivity index (χ0) is 13.4. The topological polar surface area (TPSA) is 116 Å². The number of nitrogens with one attached hydrogen (secondary N) is 1. The molecule has 1 saturated carbocycles. The van der Waals surface area contributed by atoms with Crippen molar-refractivity contribution in [3.05, 3.63) is 30.6 Å². The van der Waals surface area contributed by atoms with Crippen LogP contribution in [-0.4, -0.2) is 43.7 Å². The number of nitrogens with zero attached hydrogens (tertiary/aromatic N) is 1.